The van der Waals surface area contributed by atoms with Crippen molar-refractivity contribution >= 4 is 15.9 Å². The van der Waals surface area contributed by atoms with Crippen LogP contribution in [0.3, 0.4) is 0 Å². The van der Waals surface area contributed by atoms with Crippen LogP contribution in [0.25, 0.3) is 11.5 Å². The van der Waals surface area contributed by atoms with Crippen molar-refractivity contribution in [3.8, 4) is 11.5 Å². The summed E-state index contributed by atoms with van der Waals surface area (Å²) in [5.41, 5.74) is 6.53. The molecule has 0 aliphatic rings. The molecular formula is C13H15BrFN3O2. The second-order valence-corrected chi connectivity index (χ2v) is 5.43. The van der Waals surface area contributed by atoms with Crippen LogP contribution in [-0.2, 0) is 4.74 Å². The molecule has 0 fully saturated rings. The van der Waals surface area contributed by atoms with Crippen LogP contribution >= 0.6 is 15.9 Å². The standard InChI is InChI=1S/C13H15BrFN3O2/c1-7(2)19-6-11(16)12-17-13(20-18-12)8-3-4-10(15)9(14)5-8/h3-5,7,11H,6,16H2,1-2H3. The van der Waals surface area contributed by atoms with E-state index < -0.39 is 6.04 Å². The van der Waals surface area contributed by atoms with Gasteiger partial charge in [0.1, 0.15) is 5.82 Å². The van der Waals surface area contributed by atoms with Gasteiger partial charge in [0.2, 0.25) is 0 Å². The second kappa shape index (κ2) is 6.43. The Hall–Kier alpha value is -1.31. The van der Waals surface area contributed by atoms with Crippen LogP contribution in [0.4, 0.5) is 4.39 Å². The third-order valence-corrected chi connectivity index (χ3v) is 3.16. The van der Waals surface area contributed by atoms with E-state index >= 15 is 0 Å². The van der Waals surface area contributed by atoms with Crippen molar-refractivity contribution < 1.29 is 13.7 Å². The lowest BCUT2D eigenvalue weighted by atomic mass is 10.2. The monoisotopic (exact) mass is 343 g/mol. The topological polar surface area (TPSA) is 74.2 Å². The van der Waals surface area contributed by atoms with E-state index in [1.165, 1.54) is 6.07 Å². The maximum atomic E-state index is 13.2. The number of hydrogen-bond acceptors (Lipinski definition) is 5. The minimum Gasteiger partial charge on any atom is -0.377 e. The van der Waals surface area contributed by atoms with Gasteiger partial charge in [0.25, 0.3) is 5.89 Å². The Kier molecular flexibility index (Phi) is 4.85. The van der Waals surface area contributed by atoms with E-state index in [1.54, 1.807) is 12.1 Å². The van der Waals surface area contributed by atoms with E-state index in [1.807, 2.05) is 13.8 Å². The van der Waals surface area contributed by atoms with Gasteiger partial charge in [-0.1, -0.05) is 5.16 Å². The molecule has 1 aromatic heterocycles. The fourth-order valence-corrected chi connectivity index (χ4v) is 1.88. The first-order valence-corrected chi connectivity index (χ1v) is 6.93. The van der Waals surface area contributed by atoms with Crippen molar-refractivity contribution in [2.75, 3.05) is 6.61 Å². The molecule has 20 heavy (non-hydrogen) atoms. The van der Waals surface area contributed by atoms with Gasteiger partial charge in [-0.2, -0.15) is 4.98 Å². The first kappa shape index (κ1) is 15.1. The van der Waals surface area contributed by atoms with Crippen LogP contribution in [0.5, 0.6) is 0 Å². The summed E-state index contributed by atoms with van der Waals surface area (Å²) in [4.78, 5) is 4.20. The van der Waals surface area contributed by atoms with Crippen LogP contribution < -0.4 is 5.73 Å². The summed E-state index contributed by atoms with van der Waals surface area (Å²) in [6.07, 6.45) is 0.0838. The molecule has 7 heteroatoms. The highest BCUT2D eigenvalue weighted by Crippen LogP contribution is 2.24. The lowest BCUT2D eigenvalue weighted by molar-refractivity contribution is 0.0665. The van der Waals surface area contributed by atoms with Gasteiger partial charge in [-0.05, 0) is 48.0 Å². The molecule has 2 rings (SSSR count). The van der Waals surface area contributed by atoms with Crippen molar-refractivity contribution in [2.24, 2.45) is 5.73 Å². The third kappa shape index (κ3) is 3.62. The molecule has 0 spiro atoms. The van der Waals surface area contributed by atoms with Crippen molar-refractivity contribution in [1.29, 1.82) is 0 Å². The SMILES string of the molecule is CC(C)OCC(N)c1noc(-c2ccc(F)c(Br)c2)n1. The van der Waals surface area contributed by atoms with Gasteiger partial charge in [-0.25, -0.2) is 4.39 Å². The molecule has 2 aromatic rings. The normalized spacial score (nSPS) is 12.9. The minimum absolute atomic E-state index is 0.0838. The van der Waals surface area contributed by atoms with E-state index in [-0.39, 0.29) is 11.9 Å². The van der Waals surface area contributed by atoms with Crippen molar-refractivity contribution in [1.82, 2.24) is 10.1 Å². The highest BCUT2D eigenvalue weighted by atomic mass is 79.9. The van der Waals surface area contributed by atoms with Crippen LogP contribution in [0, 0.1) is 5.82 Å². The van der Waals surface area contributed by atoms with Crippen LogP contribution in [0.2, 0.25) is 0 Å². The van der Waals surface area contributed by atoms with E-state index in [2.05, 4.69) is 26.1 Å². The average molecular weight is 344 g/mol. The van der Waals surface area contributed by atoms with Gasteiger partial charge in [0, 0.05) is 5.56 Å². The van der Waals surface area contributed by atoms with Crippen LogP contribution in [0.15, 0.2) is 27.2 Å². The summed E-state index contributed by atoms with van der Waals surface area (Å²) in [6, 6.07) is 4.00. The molecule has 0 radical (unpaired) electrons. The molecule has 0 saturated carbocycles. The summed E-state index contributed by atoms with van der Waals surface area (Å²) in [6.45, 7) is 4.15. The number of ether oxygens (including phenoxy) is 1. The molecular weight excluding hydrogens is 329 g/mol. The van der Waals surface area contributed by atoms with Crippen molar-refractivity contribution in [3.63, 3.8) is 0 Å². The Bertz CT molecular complexity index is 589. The third-order valence-electron chi connectivity index (χ3n) is 2.55. The highest BCUT2D eigenvalue weighted by Gasteiger charge is 2.16. The van der Waals surface area contributed by atoms with Crippen molar-refractivity contribution in [2.45, 2.75) is 26.0 Å². The zero-order chi connectivity index (χ0) is 14.7. The fourth-order valence-electron chi connectivity index (χ4n) is 1.50. The van der Waals surface area contributed by atoms with E-state index in [9.17, 15) is 4.39 Å². The Labute approximate surface area is 124 Å². The Morgan fingerprint density at radius 3 is 2.85 bits per heavy atom. The number of rotatable bonds is 5. The molecule has 0 bridgehead atoms. The first-order valence-electron chi connectivity index (χ1n) is 6.13. The number of nitrogens with zero attached hydrogens (tertiary/aromatic N) is 2. The molecule has 2 N–H and O–H groups in total. The van der Waals surface area contributed by atoms with Crippen molar-refractivity contribution in [3.05, 3.63) is 34.3 Å². The van der Waals surface area contributed by atoms with Gasteiger partial charge in [-0.3, -0.25) is 0 Å². The molecule has 108 valence electrons. The first-order chi connectivity index (χ1) is 9.47. The molecule has 0 aliphatic heterocycles. The summed E-state index contributed by atoms with van der Waals surface area (Å²) in [5.74, 6) is 0.303. The van der Waals surface area contributed by atoms with E-state index in [0.29, 0.717) is 28.4 Å². The van der Waals surface area contributed by atoms with Crippen LogP contribution in [0.1, 0.15) is 25.7 Å². The lowest BCUT2D eigenvalue weighted by Crippen LogP contribution is -2.20. The minimum atomic E-state index is -0.459. The van der Waals surface area contributed by atoms with E-state index in [4.69, 9.17) is 15.0 Å². The molecule has 1 aromatic carbocycles. The summed E-state index contributed by atoms with van der Waals surface area (Å²) in [5, 5.41) is 3.82. The predicted octanol–water partition coefficient (Wildman–Crippen LogP) is 3.06. The maximum Gasteiger partial charge on any atom is 0.258 e. The fraction of sp³-hybridized carbons (Fsp3) is 0.385. The van der Waals surface area contributed by atoms with Gasteiger partial charge in [0.05, 0.1) is 23.2 Å². The molecule has 1 heterocycles. The Morgan fingerprint density at radius 1 is 1.45 bits per heavy atom. The Balaban J connectivity index is 2.13. The summed E-state index contributed by atoms with van der Waals surface area (Å²) >= 11 is 3.11. The van der Waals surface area contributed by atoms with Crippen LogP contribution in [-0.4, -0.2) is 22.9 Å². The zero-order valence-electron chi connectivity index (χ0n) is 11.1. The maximum absolute atomic E-state index is 13.2. The zero-order valence-corrected chi connectivity index (χ0v) is 12.7. The molecule has 0 aliphatic carbocycles. The quantitative estimate of drug-likeness (QED) is 0.902. The summed E-state index contributed by atoms with van der Waals surface area (Å²) < 4.78 is 24.0. The second-order valence-electron chi connectivity index (χ2n) is 4.58. The number of benzene rings is 1. The van der Waals surface area contributed by atoms with Gasteiger partial charge >= 0.3 is 0 Å². The average Bonchev–Trinajstić information content (AvgIpc) is 2.89. The molecule has 0 amide bonds. The van der Waals surface area contributed by atoms with E-state index in [0.717, 1.165) is 0 Å². The molecule has 1 unspecified atom stereocenters. The number of hydrogen-bond donors (Lipinski definition) is 1. The number of halogens is 2. The number of aromatic nitrogens is 2. The largest absolute Gasteiger partial charge is 0.377 e. The lowest BCUT2D eigenvalue weighted by Gasteiger charge is -2.10. The van der Waals surface area contributed by atoms with Gasteiger partial charge in [-0.15, -0.1) is 0 Å². The highest BCUT2D eigenvalue weighted by molar-refractivity contribution is 9.10. The molecule has 5 nitrogen and oxygen atoms in total. The molecule has 0 saturated heterocycles. The molecule has 1 atom stereocenters. The Morgan fingerprint density at radius 2 is 2.20 bits per heavy atom. The predicted molar refractivity (Wildman–Crippen MR) is 75.4 cm³/mol. The number of nitrogens with two attached hydrogens (primary N) is 1. The van der Waals surface area contributed by atoms with Gasteiger partial charge < -0.3 is 15.0 Å². The summed E-state index contributed by atoms with van der Waals surface area (Å²) in [7, 11) is 0. The van der Waals surface area contributed by atoms with Gasteiger partial charge in [0.15, 0.2) is 5.82 Å². The smallest absolute Gasteiger partial charge is 0.258 e.